The van der Waals surface area contributed by atoms with E-state index in [1.54, 1.807) is 0 Å². The normalized spacial score (nSPS) is 29.3. The number of phosphoric ester groups is 1. The fourth-order valence-electron chi connectivity index (χ4n) is 2.23. The molecule has 166 valence electrons. The molecular weight excluding hydrogens is 486 g/mol. The highest BCUT2D eigenvalue weighted by Gasteiger charge is 2.49. The summed E-state index contributed by atoms with van der Waals surface area (Å²) in [5.41, 5.74) is 5.28. The number of nitrogens with zero attached hydrogens (tertiary/aromatic N) is 2. The summed E-state index contributed by atoms with van der Waals surface area (Å²) in [6, 6.07) is 0. The molecule has 1 aromatic rings. The molecule has 0 bridgehead atoms. The fourth-order valence-corrected chi connectivity index (χ4v) is 5.59. The quantitative estimate of drug-likeness (QED) is 0.221. The minimum absolute atomic E-state index is 0.257. The average Bonchev–Trinajstić information content (AvgIpc) is 2.75. The average molecular weight is 501 g/mol. The van der Waals surface area contributed by atoms with Gasteiger partial charge in [-0.05, 0) is 12.2 Å². The predicted molar refractivity (Wildman–Crippen MR) is 91.5 cm³/mol. The topological polar surface area (TPSA) is 233 Å². The highest BCUT2D eigenvalue weighted by Crippen LogP contribution is 2.67. The molecule has 20 heteroatoms. The van der Waals surface area contributed by atoms with E-state index in [1.165, 1.54) is 6.92 Å². The third-order valence-corrected chi connectivity index (χ3v) is 7.51. The van der Waals surface area contributed by atoms with Crippen LogP contribution in [0, 0.1) is 16.5 Å². The van der Waals surface area contributed by atoms with Gasteiger partial charge in [0.25, 0.3) is 0 Å². The van der Waals surface area contributed by atoms with Crippen LogP contribution in [0.15, 0.2) is 6.20 Å². The minimum Gasteiger partial charge on any atom is -0.387 e. The Morgan fingerprint density at radius 1 is 1.24 bits per heavy atom. The van der Waals surface area contributed by atoms with Crippen molar-refractivity contribution in [3.63, 3.8) is 0 Å². The summed E-state index contributed by atoms with van der Waals surface area (Å²) < 4.78 is 64.9. The standard InChI is InChI=1S/C9H15FN3O12P3S/c1-3-5(14)8(22-7(3)13-2-4(10)6(11)12-9(13)29)23-27(18,19)25-28(20,21)24-26(15,16)17/h2-3,5,7-8,14H,1H3,(H,18,19)(H,20,21)(H2,11,12,29)(H2,15,16,17)/t3?,5-,7-,8-/m1/s1. The van der Waals surface area contributed by atoms with Crippen molar-refractivity contribution in [1.29, 1.82) is 0 Å². The number of phosphoric acid groups is 3. The minimum atomic E-state index is -5.75. The first-order valence-electron chi connectivity index (χ1n) is 7.21. The van der Waals surface area contributed by atoms with Crippen LogP contribution < -0.4 is 5.73 Å². The van der Waals surface area contributed by atoms with Crippen molar-refractivity contribution in [2.24, 2.45) is 5.92 Å². The lowest BCUT2D eigenvalue weighted by Crippen LogP contribution is -2.27. The van der Waals surface area contributed by atoms with Crippen molar-refractivity contribution < 1.29 is 60.6 Å². The number of hydrogen-bond acceptors (Lipinski definition) is 11. The number of aromatic nitrogens is 2. The van der Waals surface area contributed by atoms with Crippen LogP contribution in [0.1, 0.15) is 13.2 Å². The molecule has 0 aliphatic carbocycles. The molecule has 0 aromatic carbocycles. The molecule has 7 N–H and O–H groups in total. The summed E-state index contributed by atoms with van der Waals surface area (Å²) in [6.07, 6.45) is -4.08. The van der Waals surface area contributed by atoms with Gasteiger partial charge in [-0.3, -0.25) is 9.09 Å². The predicted octanol–water partition coefficient (Wildman–Crippen LogP) is 0.529. The lowest BCUT2D eigenvalue weighted by atomic mass is 10.1. The monoisotopic (exact) mass is 501 g/mol. The fraction of sp³-hybridized carbons (Fsp3) is 0.556. The van der Waals surface area contributed by atoms with Crippen LogP contribution in [0.25, 0.3) is 0 Å². The van der Waals surface area contributed by atoms with Crippen LogP contribution in [0.3, 0.4) is 0 Å². The van der Waals surface area contributed by atoms with Crippen LogP contribution in [0.2, 0.25) is 0 Å². The van der Waals surface area contributed by atoms with Crippen molar-refractivity contribution in [3.8, 4) is 0 Å². The van der Waals surface area contributed by atoms with E-state index in [0.717, 1.165) is 10.8 Å². The highest BCUT2D eigenvalue weighted by atomic mass is 32.1. The van der Waals surface area contributed by atoms with Gasteiger partial charge in [0.05, 0.1) is 0 Å². The first-order valence-corrected chi connectivity index (χ1v) is 12.1. The zero-order valence-corrected chi connectivity index (χ0v) is 17.6. The van der Waals surface area contributed by atoms with Gasteiger partial charge < -0.3 is 35.2 Å². The van der Waals surface area contributed by atoms with Gasteiger partial charge in [0, 0.05) is 12.1 Å². The van der Waals surface area contributed by atoms with E-state index in [-0.39, 0.29) is 4.77 Å². The number of anilines is 1. The molecule has 1 aliphatic heterocycles. The van der Waals surface area contributed by atoms with Crippen molar-refractivity contribution in [2.45, 2.75) is 25.5 Å². The number of aliphatic hydroxyl groups is 1. The Kier molecular flexibility index (Phi) is 7.20. The Labute approximate surface area is 166 Å². The van der Waals surface area contributed by atoms with Crippen LogP contribution in [-0.2, 0) is 31.6 Å². The maximum Gasteiger partial charge on any atom is 0.490 e. The number of nitrogen functional groups attached to an aromatic ring is 1. The van der Waals surface area contributed by atoms with Crippen molar-refractivity contribution in [3.05, 3.63) is 16.8 Å². The van der Waals surface area contributed by atoms with E-state index in [2.05, 4.69) is 18.1 Å². The van der Waals surface area contributed by atoms with Crippen LogP contribution in [0.4, 0.5) is 10.2 Å². The molecule has 15 nitrogen and oxygen atoms in total. The molecule has 0 spiro atoms. The van der Waals surface area contributed by atoms with Crippen molar-refractivity contribution in [2.75, 3.05) is 5.73 Å². The molecule has 0 amide bonds. The summed E-state index contributed by atoms with van der Waals surface area (Å²) in [6.45, 7) is 1.37. The van der Waals surface area contributed by atoms with E-state index >= 15 is 0 Å². The van der Waals surface area contributed by atoms with Gasteiger partial charge in [-0.15, -0.1) is 0 Å². The van der Waals surface area contributed by atoms with E-state index < -0.39 is 59.6 Å². The first kappa shape index (κ1) is 24.6. The molecule has 6 atom stereocenters. The molecule has 2 rings (SSSR count). The zero-order valence-electron chi connectivity index (χ0n) is 14.1. The number of ether oxygens (including phenoxy) is 1. The van der Waals surface area contributed by atoms with E-state index in [4.69, 9.17) is 37.4 Å². The van der Waals surface area contributed by atoms with E-state index in [0.29, 0.717) is 0 Å². The van der Waals surface area contributed by atoms with Gasteiger partial charge in [-0.1, -0.05) is 6.92 Å². The Morgan fingerprint density at radius 3 is 2.38 bits per heavy atom. The van der Waals surface area contributed by atoms with E-state index in [1.807, 2.05) is 0 Å². The molecule has 3 unspecified atom stereocenters. The molecular formula is C9H15FN3O12P3S. The van der Waals surface area contributed by atoms with Gasteiger partial charge in [0.2, 0.25) is 4.77 Å². The molecule has 2 heterocycles. The maximum atomic E-state index is 13.7. The number of rotatable bonds is 7. The molecule has 1 fully saturated rings. The summed E-state index contributed by atoms with van der Waals surface area (Å²) in [5, 5.41) is 10.1. The van der Waals surface area contributed by atoms with Gasteiger partial charge in [0.15, 0.2) is 17.9 Å². The first-order chi connectivity index (χ1) is 13.0. The number of aliphatic hydroxyl groups excluding tert-OH is 1. The number of halogens is 1. The summed E-state index contributed by atoms with van der Waals surface area (Å²) in [7, 11) is -16.9. The van der Waals surface area contributed by atoms with Gasteiger partial charge in [0.1, 0.15) is 12.3 Å². The Hall–Kier alpha value is -0.640. The Bertz CT molecular complexity index is 985. The van der Waals surface area contributed by atoms with Gasteiger partial charge in [-0.2, -0.15) is 13.6 Å². The molecule has 1 aliphatic rings. The largest absolute Gasteiger partial charge is 0.490 e. The lowest BCUT2D eigenvalue weighted by molar-refractivity contribution is -0.134. The molecule has 1 aromatic heterocycles. The van der Waals surface area contributed by atoms with Crippen LogP contribution in [0.5, 0.6) is 0 Å². The number of hydrogen-bond donors (Lipinski definition) is 6. The molecule has 29 heavy (non-hydrogen) atoms. The second-order valence-electron chi connectivity index (χ2n) is 5.61. The van der Waals surface area contributed by atoms with Gasteiger partial charge >= 0.3 is 23.5 Å². The molecule has 1 saturated heterocycles. The second-order valence-corrected chi connectivity index (χ2v) is 10.3. The van der Waals surface area contributed by atoms with Crippen LogP contribution >= 0.6 is 35.7 Å². The second kappa shape index (κ2) is 8.48. The SMILES string of the molecule is CC1[C@@H](O)[C@@H](OP(=O)(O)OP(=O)(O)OP(=O)(O)O)O[C@H]1n1cc(F)c(N)nc1=S. The zero-order chi connectivity index (χ0) is 22.4. The maximum absolute atomic E-state index is 13.7. The smallest absolute Gasteiger partial charge is 0.387 e. The van der Waals surface area contributed by atoms with Crippen molar-refractivity contribution >= 4 is 41.5 Å². The molecule has 0 radical (unpaired) electrons. The highest BCUT2D eigenvalue weighted by molar-refractivity contribution is 7.71. The number of nitrogens with two attached hydrogens (primary N) is 1. The lowest BCUT2D eigenvalue weighted by Gasteiger charge is -2.21. The Balaban J connectivity index is 2.19. The summed E-state index contributed by atoms with van der Waals surface area (Å²) in [4.78, 5) is 39.2. The third-order valence-electron chi connectivity index (χ3n) is 3.40. The third kappa shape index (κ3) is 6.42. The van der Waals surface area contributed by atoms with Crippen LogP contribution in [-0.4, -0.2) is 46.6 Å². The molecule has 0 saturated carbocycles. The summed E-state index contributed by atoms with van der Waals surface area (Å²) in [5.74, 6) is -2.41. The van der Waals surface area contributed by atoms with E-state index in [9.17, 15) is 28.1 Å². The Morgan fingerprint density at radius 2 is 1.83 bits per heavy atom. The van der Waals surface area contributed by atoms with Crippen molar-refractivity contribution in [1.82, 2.24) is 9.55 Å². The van der Waals surface area contributed by atoms with Gasteiger partial charge in [-0.25, -0.2) is 18.1 Å². The summed E-state index contributed by atoms with van der Waals surface area (Å²) >= 11 is 4.91.